The van der Waals surface area contributed by atoms with Crippen molar-refractivity contribution >= 4 is 17.8 Å². The van der Waals surface area contributed by atoms with Crippen molar-refractivity contribution in [3.05, 3.63) is 77.9 Å². The Morgan fingerprint density at radius 1 is 1.21 bits per heavy atom. The summed E-state index contributed by atoms with van der Waals surface area (Å²) in [4.78, 5) is 31.8. The molecule has 2 aromatic carbocycles. The Kier molecular flexibility index (Phi) is 7.37. The number of nitrogens with zero attached hydrogens (tertiary/aromatic N) is 2. The summed E-state index contributed by atoms with van der Waals surface area (Å²) in [6.07, 6.45) is 0.866. The van der Waals surface area contributed by atoms with Crippen molar-refractivity contribution in [2.75, 3.05) is 13.2 Å². The van der Waals surface area contributed by atoms with Crippen LogP contribution in [0.3, 0.4) is 0 Å². The van der Waals surface area contributed by atoms with Gasteiger partial charge in [-0.3, -0.25) is 4.90 Å². The van der Waals surface area contributed by atoms with E-state index in [-0.39, 0.29) is 13.2 Å². The van der Waals surface area contributed by atoms with Gasteiger partial charge in [-0.15, -0.1) is 0 Å². The van der Waals surface area contributed by atoms with Crippen LogP contribution in [0, 0.1) is 0 Å². The van der Waals surface area contributed by atoms with Crippen molar-refractivity contribution in [1.29, 1.82) is 0 Å². The molecular weight excluding hydrogens is 424 g/mol. The summed E-state index contributed by atoms with van der Waals surface area (Å²) in [5.74, 6) is -0.648. The first-order valence-electron chi connectivity index (χ1n) is 10.5. The lowest BCUT2D eigenvalue weighted by Crippen LogP contribution is -2.48. The van der Waals surface area contributed by atoms with Crippen LogP contribution in [0.15, 0.2) is 66.3 Å². The van der Waals surface area contributed by atoms with E-state index in [0.29, 0.717) is 29.2 Å². The number of carboxylic acid groups (broad SMARTS) is 1. The van der Waals surface area contributed by atoms with E-state index in [2.05, 4.69) is 11.7 Å². The molecule has 0 saturated carbocycles. The van der Waals surface area contributed by atoms with Crippen LogP contribution in [0.5, 0.6) is 5.75 Å². The van der Waals surface area contributed by atoms with Gasteiger partial charge in [-0.2, -0.15) is 0 Å². The third kappa shape index (κ3) is 6.12. The maximum Gasteiger partial charge on any atom is 0.411 e. The number of oxime groups is 1. The molecule has 1 unspecified atom stereocenters. The Hall–Kier alpha value is -3.81. The molecular formula is C25H28N2O6. The third-order valence-electron chi connectivity index (χ3n) is 4.74. The first kappa shape index (κ1) is 23.8. The van der Waals surface area contributed by atoms with Crippen LogP contribution in [0.4, 0.5) is 4.79 Å². The summed E-state index contributed by atoms with van der Waals surface area (Å²) in [5.41, 5.74) is 1.47. The first-order valence-corrected chi connectivity index (χ1v) is 10.5. The Labute approximate surface area is 193 Å². The van der Waals surface area contributed by atoms with Gasteiger partial charge >= 0.3 is 12.1 Å². The van der Waals surface area contributed by atoms with E-state index >= 15 is 0 Å². The molecule has 3 rings (SSSR count). The Morgan fingerprint density at radius 2 is 1.94 bits per heavy atom. The first-order chi connectivity index (χ1) is 15.7. The van der Waals surface area contributed by atoms with E-state index in [1.165, 1.54) is 0 Å². The fourth-order valence-electron chi connectivity index (χ4n) is 3.37. The highest BCUT2D eigenvalue weighted by molar-refractivity contribution is 6.07. The molecule has 1 atom stereocenters. The maximum atomic E-state index is 12.9. The number of hydrogen-bond acceptors (Lipinski definition) is 6. The molecule has 1 N–H and O–H groups in total. The van der Waals surface area contributed by atoms with Gasteiger partial charge in [-0.05, 0) is 44.0 Å². The highest BCUT2D eigenvalue weighted by Crippen LogP contribution is 2.34. The predicted octanol–water partition coefficient (Wildman–Crippen LogP) is 4.55. The van der Waals surface area contributed by atoms with Crippen molar-refractivity contribution in [2.24, 2.45) is 5.16 Å². The summed E-state index contributed by atoms with van der Waals surface area (Å²) >= 11 is 0. The Balaban J connectivity index is 1.99. The van der Waals surface area contributed by atoms with E-state index < -0.39 is 23.7 Å². The zero-order valence-corrected chi connectivity index (χ0v) is 19.0. The van der Waals surface area contributed by atoms with Crippen LogP contribution in [-0.2, 0) is 21.0 Å². The van der Waals surface area contributed by atoms with E-state index in [0.717, 1.165) is 10.5 Å². The van der Waals surface area contributed by atoms with E-state index in [1.54, 1.807) is 45.0 Å². The number of carbonyl (C=O) groups excluding carboxylic acids is 1. The molecule has 0 bridgehead atoms. The van der Waals surface area contributed by atoms with Crippen LogP contribution in [0.25, 0.3) is 0 Å². The molecule has 1 amide bonds. The molecule has 1 heterocycles. The number of hydrogen-bond donors (Lipinski definition) is 1. The lowest BCUT2D eigenvalue weighted by molar-refractivity contribution is -0.143. The van der Waals surface area contributed by atoms with Crippen molar-refractivity contribution < 1.29 is 29.0 Å². The molecule has 33 heavy (non-hydrogen) atoms. The van der Waals surface area contributed by atoms with Gasteiger partial charge in [0, 0.05) is 5.56 Å². The van der Waals surface area contributed by atoms with Gasteiger partial charge in [-0.25, -0.2) is 9.59 Å². The monoisotopic (exact) mass is 452 g/mol. The zero-order valence-electron chi connectivity index (χ0n) is 19.0. The normalized spacial score (nSPS) is 16.6. The SMILES string of the molecule is C=CCOc1ccc2c(c1)C(=NOCc1ccccc1)CN(C(=O)OC(C)(C)C)C2C(=O)O. The molecule has 0 aliphatic carbocycles. The second-order valence-electron chi connectivity index (χ2n) is 8.49. The smallest absolute Gasteiger partial charge is 0.411 e. The highest BCUT2D eigenvalue weighted by Gasteiger charge is 2.41. The van der Waals surface area contributed by atoms with Gasteiger partial charge in [0.15, 0.2) is 6.04 Å². The molecule has 1 aliphatic heterocycles. The van der Waals surface area contributed by atoms with Gasteiger partial charge in [0.05, 0.1) is 6.54 Å². The second kappa shape index (κ2) is 10.2. The molecule has 0 fully saturated rings. The third-order valence-corrected chi connectivity index (χ3v) is 4.74. The molecule has 0 spiro atoms. The van der Waals surface area contributed by atoms with E-state index in [4.69, 9.17) is 14.3 Å². The van der Waals surface area contributed by atoms with Crippen LogP contribution in [-0.4, -0.2) is 46.5 Å². The summed E-state index contributed by atoms with van der Waals surface area (Å²) in [5, 5.41) is 14.2. The largest absolute Gasteiger partial charge is 0.490 e. The minimum Gasteiger partial charge on any atom is -0.490 e. The number of aliphatic carboxylic acids is 1. The number of benzene rings is 2. The Morgan fingerprint density at radius 3 is 2.58 bits per heavy atom. The number of amides is 1. The average Bonchev–Trinajstić information content (AvgIpc) is 2.76. The number of fused-ring (bicyclic) bond motifs is 1. The minimum absolute atomic E-state index is 0.0986. The van der Waals surface area contributed by atoms with Crippen LogP contribution >= 0.6 is 0 Å². The Bertz CT molecular complexity index is 1040. The molecule has 0 radical (unpaired) electrons. The fraction of sp³-hybridized carbons (Fsp3) is 0.320. The fourth-order valence-corrected chi connectivity index (χ4v) is 3.37. The van der Waals surface area contributed by atoms with Crippen LogP contribution in [0.2, 0.25) is 0 Å². The van der Waals surface area contributed by atoms with Crippen LogP contribution in [0.1, 0.15) is 43.5 Å². The molecule has 0 aromatic heterocycles. The molecule has 8 heteroatoms. The van der Waals surface area contributed by atoms with Gasteiger partial charge in [0.2, 0.25) is 0 Å². The summed E-state index contributed by atoms with van der Waals surface area (Å²) in [6.45, 7) is 9.22. The van der Waals surface area contributed by atoms with Crippen molar-refractivity contribution in [3.63, 3.8) is 0 Å². The highest BCUT2D eigenvalue weighted by atomic mass is 16.6. The van der Waals surface area contributed by atoms with E-state index in [9.17, 15) is 14.7 Å². The number of ether oxygens (including phenoxy) is 2. The summed E-state index contributed by atoms with van der Waals surface area (Å²) in [7, 11) is 0. The number of carbonyl (C=O) groups is 2. The quantitative estimate of drug-likeness (QED) is 0.489. The topological polar surface area (TPSA) is 97.7 Å². The summed E-state index contributed by atoms with van der Waals surface area (Å²) in [6, 6.07) is 13.2. The van der Waals surface area contributed by atoms with Gasteiger partial charge in [-0.1, -0.05) is 54.2 Å². The zero-order chi connectivity index (χ0) is 24.0. The molecule has 1 aliphatic rings. The minimum atomic E-state index is -1.24. The summed E-state index contributed by atoms with van der Waals surface area (Å²) < 4.78 is 11.1. The molecule has 8 nitrogen and oxygen atoms in total. The molecule has 0 saturated heterocycles. The van der Waals surface area contributed by atoms with E-state index in [1.807, 2.05) is 30.3 Å². The lowest BCUT2D eigenvalue weighted by Gasteiger charge is -2.36. The predicted molar refractivity (Wildman–Crippen MR) is 123 cm³/mol. The molecule has 174 valence electrons. The van der Waals surface area contributed by atoms with Gasteiger partial charge in [0.1, 0.15) is 30.3 Å². The van der Waals surface area contributed by atoms with Gasteiger partial charge < -0.3 is 19.4 Å². The number of rotatable bonds is 7. The van der Waals surface area contributed by atoms with Crippen LogP contribution < -0.4 is 4.74 Å². The average molecular weight is 453 g/mol. The lowest BCUT2D eigenvalue weighted by atomic mass is 9.91. The standard InChI is InChI=1S/C25H28N2O6/c1-5-13-31-18-11-12-19-20(14-18)21(26-32-16-17-9-7-6-8-10-17)15-27(22(19)23(28)29)24(30)33-25(2,3)4/h5-12,14,22H,1,13,15-16H2,2-4H3,(H,28,29). The van der Waals surface area contributed by atoms with Crippen molar-refractivity contribution in [1.82, 2.24) is 4.90 Å². The van der Waals surface area contributed by atoms with Crippen molar-refractivity contribution in [3.8, 4) is 5.75 Å². The maximum absolute atomic E-state index is 12.9. The molecule has 2 aromatic rings. The number of carboxylic acids is 1. The van der Waals surface area contributed by atoms with Gasteiger partial charge in [0.25, 0.3) is 0 Å². The van der Waals surface area contributed by atoms with Crippen molar-refractivity contribution in [2.45, 2.75) is 39.0 Å². The second-order valence-corrected chi connectivity index (χ2v) is 8.49.